The molecule has 2 aliphatic heterocycles. The number of rotatable bonds is 0. The lowest BCUT2D eigenvalue weighted by atomic mass is 9.74. The maximum atomic E-state index is 12.1. The minimum Gasteiger partial charge on any atom is -0.424 e. The van der Waals surface area contributed by atoms with Crippen molar-refractivity contribution < 1.29 is 9.53 Å². The quantitative estimate of drug-likeness (QED) is 0.553. The summed E-state index contributed by atoms with van der Waals surface area (Å²) >= 11 is 6.04. The Bertz CT molecular complexity index is 452. The number of fused-ring (bicyclic) bond motifs is 2. The van der Waals surface area contributed by atoms with E-state index in [0.717, 1.165) is 31.5 Å². The van der Waals surface area contributed by atoms with E-state index in [2.05, 4.69) is 5.32 Å². The van der Waals surface area contributed by atoms with Gasteiger partial charge >= 0.3 is 5.97 Å². The van der Waals surface area contributed by atoms with Gasteiger partial charge < -0.3 is 10.1 Å². The third kappa shape index (κ3) is 1.22. The fourth-order valence-electron chi connectivity index (χ4n) is 2.62. The van der Waals surface area contributed by atoms with Gasteiger partial charge in [-0.25, -0.2) is 0 Å². The number of nitrogens with one attached hydrogen (secondary N) is 1. The number of carbonyl (C=O) groups is 1. The molecule has 1 spiro atoms. The molecule has 3 rings (SSSR count). The van der Waals surface area contributed by atoms with E-state index in [0.29, 0.717) is 10.8 Å². The van der Waals surface area contributed by atoms with Crippen LogP contribution in [0.25, 0.3) is 0 Å². The second kappa shape index (κ2) is 3.47. The average molecular weight is 238 g/mol. The normalized spacial score (nSPS) is 21.9. The van der Waals surface area contributed by atoms with Crippen LogP contribution in [0.2, 0.25) is 5.02 Å². The first-order valence-electron chi connectivity index (χ1n) is 5.46. The summed E-state index contributed by atoms with van der Waals surface area (Å²) in [5.41, 5.74) is 0.511. The molecule has 0 aliphatic carbocycles. The molecule has 1 fully saturated rings. The van der Waals surface area contributed by atoms with Gasteiger partial charge in [0.2, 0.25) is 0 Å². The summed E-state index contributed by atoms with van der Waals surface area (Å²) < 4.78 is 5.33. The highest BCUT2D eigenvalue weighted by molar-refractivity contribution is 6.32. The minimum atomic E-state index is -0.453. The summed E-state index contributed by atoms with van der Waals surface area (Å²) in [6.45, 7) is 1.70. The van der Waals surface area contributed by atoms with Crippen molar-refractivity contribution in [3.63, 3.8) is 0 Å². The molecule has 0 radical (unpaired) electrons. The number of para-hydroxylation sites is 1. The maximum absolute atomic E-state index is 12.1. The zero-order valence-corrected chi connectivity index (χ0v) is 9.51. The highest BCUT2D eigenvalue weighted by Gasteiger charge is 2.49. The van der Waals surface area contributed by atoms with Gasteiger partial charge in [0.1, 0.15) is 0 Å². The average Bonchev–Trinajstić information content (AvgIpc) is 2.57. The lowest BCUT2D eigenvalue weighted by Gasteiger charge is -2.30. The second-order valence-electron chi connectivity index (χ2n) is 4.34. The Morgan fingerprint density at radius 2 is 2.06 bits per heavy atom. The SMILES string of the molecule is O=C1Oc2c(Cl)cccc2C12CCNCC2. The van der Waals surface area contributed by atoms with E-state index in [-0.39, 0.29) is 5.97 Å². The Kier molecular flexibility index (Phi) is 2.19. The van der Waals surface area contributed by atoms with Gasteiger partial charge in [0.05, 0.1) is 10.4 Å². The van der Waals surface area contributed by atoms with Crippen molar-refractivity contribution in [2.24, 2.45) is 0 Å². The Morgan fingerprint density at radius 1 is 1.31 bits per heavy atom. The van der Waals surface area contributed by atoms with E-state index >= 15 is 0 Å². The molecule has 0 saturated carbocycles. The van der Waals surface area contributed by atoms with E-state index in [1.807, 2.05) is 12.1 Å². The van der Waals surface area contributed by atoms with Crippen LogP contribution in [0.4, 0.5) is 0 Å². The molecular formula is C12H12ClNO2. The summed E-state index contributed by atoms with van der Waals surface area (Å²) in [6.07, 6.45) is 1.58. The third-order valence-corrected chi connectivity index (χ3v) is 3.82. The Morgan fingerprint density at radius 3 is 2.81 bits per heavy atom. The van der Waals surface area contributed by atoms with Gasteiger partial charge in [0.15, 0.2) is 5.75 Å². The van der Waals surface area contributed by atoms with Crippen LogP contribution in [0.3, 0.4) is 0 Å². The number of esters is 1. The van der Waals surface area contributed by atoms with Crippen molar-refractivity contribution in [2.45, 2.75) is 18.3 Å². The van der Waals surface area contributed by atoms with Crippen molar-refractivity contribution in [1.82, 2.24) is 5.32 Å². The van der Waals surface area contributed by atoms with Crippen LogP contribution in [-0.4, -0.2) is 19.1 Å². The lowest BCUT2D eigenvalue weighted by Crippen LogP contribution is -2.44. The van der Waals surface area contributed by atoms with Gasteiger partial charge in [-0.3, -0.25) is 4.79 Å². The van der Waals surface area contributed by atoms with Crippen molar-refractivity contribution >= 4 is 17.6 Å². The molecule has 1 aromatic carbocycles. The highest BCUT2D eigenvalue weighted by Crippen LogP contribution is 2.48. The minimum absolute atomic E-state index is 0.142. The summed E-state index contributed by atoms with van der Waals surface area (Å²) in [7, 11) is 0. The van der Waals surface area contributed by atoms with E-state index in [9.17, 15) is 4.79 Å². The summed E-state index contributed by atoms with van der Waals surface area (Å²) in [5, 5.41) is 3.79. The molecule has 84 valence electrons. The van der Waals surface area contributed by atoms with Gasteiger partial charge in [0, 0.05) is 5.56 Å². The van der Waals surface area contributed by atoms with Crippen LogP contribution in [0.15, 0.2) is 18.2 Å². The van der Waals surface area contributed by atoms with Crippen LogP contribution in [0.1, 0.15) is 18.4 Å². The molecule has 4 heteroatoms. The molecule has 0 bridgehead atoms. The lowest BCUT2D eigenvalue weighted by molar-refractivity contribution is -0.139. The Labute approximate surface area is 98.7 Å². The summed E-state index contributed by atoms with van der Waals surface area (Å²) in [5.74, 6) is 0.424. The molecule has 0 amide bonds. The predicted molar refractivity (Wildman–Crippen MR) is 60.9 cm³/mol. The molecule has 2 aliphatic rings. The van der Waals surface area contributed by atoms with Gasteiger partial charge in [-0.05, 0) is 32.0 Å². The van der Waals surface area contributed by atoms with Crippen LogP contribution < -0.4 is 10.1 Å². The standard InChI is InChI=1S/C12H12ClNO2/c13-9-3-1-2-8-10(9)16-11(15)12(8)4-6-14-7-5-12/h1-3,14H,4-7H2. The smallest absolute Gasteiger partial charge is 0.322 e. The second-order valence-corrected chi connectivity index (χ2v) is 4.75. The van der Waals surface area contributed by atoms with Crippen LogP contribution >= 0.6 is 11.6 Å². The number of ether oxygens (including phenoxy) is 1. The number of benzene rings is 1. The zero-order valence-electron chi connectivity index (χ0n) is 8.75. The first-order valence-corrected chi connectivity index (χ1v) is 5.84. The molecule has 16 heavy (non-hydrogen) atoms. The topological polar surface area (TPSA) is 38.3 Å². The van der Waals surface area contributed by atoms with E-state index in [4.69, 9.17) is 16.3 Å². The molecule has 1 saturated heterocycles. The molecule has 1 N–H and O–H groups in total. The van der Waals surface area contributed by atoms with E-state index in [1.165, 1.54) is 0 Å². The fourth-order valence-corrected chi connectivity index (χ4v) is 2.83. The van der Waals surface area contributed by atoms with Crippen LogP contribution in [0.5, 0.6) is 5.75 Å². The first kappa shape index (κ1) is 10.1. The van der Waals surface area contributed by atoms with Gasteiger partial charge in [-0.1, -0.05) is 23.7 Å². The van der Waals surface area contributed by atoms with Crippen molar-refractivity contribution in [3.8, 4) is 5.75 Å². The first-order chi connectivity index (χ1) is 7.74. The van der Waals surface area contributed by atoms with Crippen molar-refractivity contribution in [1.29, 1.82) is 0 Å². The Hall–Kier alpha value is -1.06. The largest absolute Gasteiger partial charge is 0.424 e. The van der Waals surface area contributed by atoms with Crippen LogP contribution in [0, 0.1) is 0 Å². The van der Waals surface area contributed by atoms with Crippen LogP contribution in [-0.2, 0) is 10.2 Å². The third-order valence-electron chi connectivity index (χ3n) is 3.53. The van der Waals surface area contributed by atoms with E-state index in [1.54, 1.807) is 6.07 Å². The maximum Gasteiger partial charge on any atom is 0.322 e. The van der Waals surface area contributed by atoms with Gasteiger partial charge in [-0.2, -0.15) is 0 Å². The number of hydrogen-bond donors (Lipinski definition) is 1. The molecule has 0 aromatic heterocycles. The summed E-state index contributed by atoms with van der Waals surface area (Å²) in [6, 6.07) is 5.60. The van der Waals surface area contributed by atoms with Gasteiger partial charge in [-0.15, -0.1) is 0 Å². The molecular weight excluding hydrogens is 226 g/mol. The molecule has 0 unspecified atom stereocenters. The summed E-state index contributed by atoms with van der Waals surface area (Å²) in [4.78, 5) is 12.1. The van der Waals surface area contributed by atoms with Gasteiger partial charge in [0.25, 0.3) is 0 Å². The molecule has 0 atom stereocenters. The zero-order chi connectivity index (χ0) is 11.2. The number of hydrogen-bond acceptors (Lipinski definition) is 3. The Balaban J connectivity index is 2.15. The molecule has 2 heterocycles. The van der Waals surface area contributed by atoms with E-state index < -0.39 is 5.41 Å². The monoisotopic (exact) mass is 237 g/mol. The number of halogens is 1. The fraction of sp³-hybridized carbons (Fsp3) is 0.417. The number of piperidine rings is 1. The number of carbonyl (C=O) groups excluding carboxylic acids is 1. The van der Waals surface area contributed by atoms with Crippen molar-refractivity contribution in [2.75, 3.05) is 13.1 Å². The highest BCUT2D eigenvalue weighted by atomic mass is 35.5. The predicted octanol–water partition coefficient (Wildman–Crippen LogP) is 1.88. The molecule has 1 aromatic rings. The van der Waals surface area contributed by atoms with Crippen molar-refractivity contribution in [3.05, 3.63) is 28.8 Å². The molecule has 3 nitrogen and oxygen atoms in total.